The molecule has 0 radical (unpaired) electrons. The van der Waals surface area contributed by atoms with E-state index in [0.29, 0.717) is 35.6 Å². The summed E-state index contributed by atoms with van der Waals surface area (Å²) in [5.74, 6) is 0.693. The van der Waals surface area contributed by atoms with Gasteiger partial charge in [0.1, 0.15) is 5.75 Å². The topological polar surface area (TPSA) is 59.5 Å². The molecule has 0 N–H and O–H groups in total. The Balaban J connectivity index is 1.92. The minimum Gasteiger partial charge on any atom is -0.493 e. The molecule has 3 rings (SSSR count). The predicted octanol–water partition coefficient (Wildman–Crippen LogP) is 3.50. The van der Waals surface area contributed by atoms with Crippen molar-refractivity contribution in [2.75, 3.05) is 20.2 Å². The summed E-state index contributed by atoms with van der Waals surface area (Å²) in [5.41, 5.74) is 0.867. The van der Waals surface area contributed by atoms with E-state index in [-0.39, 0.29) is 0 Å². The number of ether oxygens (including phenoxy) is 1. The largest absolute Gasteiger partial charge is 0.493 e. The number of pyridine rings is 1. The molecule has 0 spiro atoms. The number of fused-ring (bicyclic) bond motifs is 1. The molecule has 0 bridgehead atoms. The summed E-state index contributed by atoms with van der Waals surface area (Å²) in [5, 5.41) is 1.47. The minimum atomic E-state index is -3.62. The molecule has 0 saturated carbocycles. The summed E-state index contributed by atoms with van der Waals surface area (Å²) in [6.07, 6.45) is 2.27. The van der Waals surface area contributed by atoms with Gasteiger partial charge in [0, 0.05) is 42.7 Å². The lowest BCUT2D eigenvalue weighted by molar-refractivity contribution is 0.344. The van der Waals surface area contributed by atoms with Crippen molar-refractivity contribution in [3.8, 4) is 5.75 Å². The summed E-state index contributed by atoms with van der Waals surface area (Å²) >= 11 is 0. The highest BCUT2D eigenvalue weighted by Gasteiger charge is 2.24. The van der Waals surface area contributed by atoms with Crippen molar-refractivity contribution in [2.24, 2.45) is 0 Å². The number of hydrogen-bond donors (Lipinski definition) is 0. The van der Waals surface area contributed by atoms with Gasteiger partial charge in [0.25, 0.3) is 0 Å². The van der Waals surface area contributed by atoms with Crippen molar-refractivity contribution < 1.29 is 13.2 Å². The number of aromatic nitrogens is 1. The van der Waals surface area contributed by atoms with Crippen molar-refractivity contribution in [3.05, 3.63) is 66.5 Å². The Morgan fingerprint density at radius 1 is 1.00 bits per heavy atom. The first-order valence-electron chi connectivity index (χ1n) is 8.55. The van der Waals surface area contributed by atoms with Gasteiger partial charge in [-0.15, -0.1) is 0 Å². The van der Waals surface area contributed by atoms with Gasteiger partial charge in [-0.05, 0) is 31.2 Å². The molecule has 26 heavy (non-hydrogen) atoms. The van der Waals surface area contributed by atoms with Crippen LogP contribution in [0.2, 0.25) is 0 Å². The highest BCUT2D eigenvalue weighted by atomic mass is 32.2. The molecule has 0 aliphatic carbocycles. The van der Waals surface area contributed by atoms with Crippen molar-refractivity contribution in [1.82, 2.24) is 9.29 Å². The fourth-order valence-electron chi connectivity index (χ4n) is 2.86. The fourth-order valence-corrected chi connectivity index (χ4v) is 4.22. The van der Waals surface area contributed by atoms with Gasteiger partial charge >= 0.3 is 0 Å². The second-order valence-corrected chi connectivity index (χ2v) is 7.95. The molecular formula is C20H22N2O3S. The van der Waals surface area contributed by atoms with Crippen LogP contribution in [-0.4, -0.2) is 37.9 Å². The normalized spacial score (nSPS) is 11.8. The van der Waals surface area contributed by atoms with Crippen LogP contribution < -0.4 is 4.74 Å². The highest BCUT2D eigenvalue weighted by molar-refractivity contribution is 7.89. The van der Waals surface area contributed by atoms with Crippen LogP contribution in [0.3, 0.4) is 0 Å². The Hall–Kier alpha value is -2.44. The maximum absolute atomic E-state index is 13.1. The molecule has 1 heterocycles. The number of benzene rings is 2. The first-order chi connectivity index (χ1) is 12.5. The van der Waals surface area contributed by atoms with Crippen molar-refractivity contribution in [2.45, 2.75) is 18.2 Å². The van der Waals surface area contributed by atoms with Crippen molar-refractivity contribution in [1.29, 1.82) is 0 Å². The molecular weight excluding hydrogens is 348 g/mol. The number of sulfonamides is 1. The Morgan fingerprint density at radius 3 is 2.42 bits per heavy atom. The maximum atomic E-state index is 13.1. The zero-order valence-electron chi connectivity index (χ0n) is 14.9. The molecule has 5 nitrogen and oxygen atoms in total. The lowest BCUT2D eigenvalue weighted by Gasteiger charge is -2.19. The third-order valence-electron chi connectivity index (χ3n) is 4.24. The van der Waals surface area contributed by atoms with Crippen LogP contribution in [0.15, 0.2) is 65.7 Å². The maximum Gasteiger partial charge on any atom is 0.243 e. The van der Waals surface area contributed by atoms with Crippen LogP contribution >= 0.6 is 0 Å². The van der Waals surface area contributed by atoms with Gasteiger partial charge in [-0.1, -0.05) is 30.3 Å². The van der Waals surface area contributed by atoms with Gasteiger partial charge in [-0.2, -0.15) is 0 Å². The van der Waals surface area contributed by atoms with E-state index in [0.717, 1.165) is 11.1 Å². The van der Waals surface area contributed by atoms with Crippen LogP contribution in [0.1, 0.15) is 12.6 Å². The van der Waals surface area contributed by atoms with E-state index in [4.69, 9.17) is 4.74 Å². The van der Waals surface area contributed by atoms with Crippen LogP contribution in [0, 0.1) is 0 Å². The van der Waals surface area contributed by atoms with Gasteiger partial charge in [0.05, 0.1) is 11.5 Å². The molecule has 0 fully saturated rings. The Morgan fingerprint density at radius 2 is 1.73 bits per heavy atom. The summed E-state index contributed by atoms with van der Waals surface area (Å²) in [4.78, 5) is 4.54. The van der Waals surface area contributed by atoms with Gasteiger partial charge in [-0.3, -0.25) is 4.98 Å². The van der Waals surface area contributed by atoms with Gasteiger partial charge in [-0.25, -0.2) is 12.7 Å². The van der Waals surface area contributed by atoms with E-state index < -0.39 is 10.0 Å². The van der Waals surface area contributed by atoms with E-state index in [9.17, 15) is 8.42 Å². The average molecular weight is 370 g/mol. The SMILES string of the molecule is CCOc1ccc(S(=O)(=O)N(C)CCc2ccccn2)c2ccccc12. The van der Waals surface area contributed by atoms with Crippen LogP contribution in [0.4, 0.5) is 0 Å². The van der Waals surface area contributed by atoms with Gasteiger partial charge < -0.3 is 4.74 Å². The van der Waals surface area contributed by atoms with E-state index >= 15 is 0 Å². The van der Waals surface area contributed by atoms with Crippen LogP contribution in [0.25, 0.3) is 10.8 Å². The first-order valence-corrected chi connectivity index (χ1v) is 9.99. The van der Waals surface area contributed by atoms with Crippen molar-refractivity contribution >= 4 is 20.8 Å². The number of rotatable bonds is 7. The Bertz CT molecular complexity index is 988. The predicted molar refractivity (Wildman–Crippen MR) is 103 cm³/mol. The Kier molecular flexibility index (Phi) is 5.54. The Labute approximate surface area is 154 Å². The van der Waals surface area contributed by atoms with Gasteiger partial charge in [0.15, 0.2) is 0 Å². The first kappa shape index (κ1) is 18.4. The number of nitrogens with zero attached hydrogens (tertiary/aromatic N) is 2. The second-order valence-electron chi connectivity index (χ2n) is 5.94. The van der Waals surface area contributed by atoms with E-state index in [1.807, 2.05) is 49.4 Å². The standard InChI is InChI=1S/C20H22N2O3S/c1-3-25-19-11-12-20(18-10-5-4-9-17(18)19)26(23,24)22(2)15-13-16-8-6-7-14-21-16/h4-12,14H,3,13,15H2,1-2H3. The zero-order valence-corrected chi connectivity index (χ0v) is 15.7. The van der Waals surface area contributed by atoms with Crippen LogP contribution in [-0.2, 0) is 16.4 Å². The smallest absolute Gasteiger partial charge is 0.243 e. The molecule has 6 heteroatoms. The van der Waals surface area contributed by atoms with E-state index in [1.165, 1.54) is 4.31 Å². The lowest BCUT2D eigenvalue weighted by Crippen LogP contribution is -2.29. The van der Waals surface area contributed by atoms with Gasteiger partial charge in [0.2, 0.25) is 10.0 Å². The molecule has 0 aliphatic heterocycles. The molecule has 2 aromatic carbocycles. The average Bonchev–Trinajstić information content (AvgIpc) is 2.67. The summed E-state index contributed by atoms with van der Waals surface area (Å²) in [6, 6.07) is 16.4. The third kappa shape index (κ3) is 3.71. The quantitative estimate of drug-likeness (QED) is 0.639. The molecule has 0 aliphatic rings. The molecule has 1 aromatic heterocycles. The molecule has 0 amide bonds. The monoisotopic (exact) mass is 370 g/mol. The zero-order chi connectivity index (χ0) is 18.6. The molecule has 0 atom stereocenters. The summed E-state index contributed by atoms with van der Waals surface area (Å²) in [6.45, 7) is 2.80. The van der Waals surface area contributed by atoms with E-state index in [1.54, 1.807) is 25.4 Å². The van der Waals surface area contributed by atoms with Crippen molar-refractivity contribution in [3.63, 3.8) is 0 Å². The summed E-state index contributed by atoms with van der Waals surface area (Å²) in [7, 11) is -2.02. The summed E-state index contributed by atoms with van der Waals surface area (Å²) < 4.78 is 33.2. The second kappa shape index (κ2) is 7.85. The minimum absolute atomic E-state index is 0.292. The third-order valence-corrected chi connectivity index (χ3v) is 6.16. The number of hydrogen-bond acceptors (Lipinski definition) is 4. The highest BCUT2D eigenvalue weighted by Crippen LogP contribution is 2.32. The van der Waals surface area contributed by atoms with E-state index in [2.05, 4.69) is 4.98 Å². The molecule has 3 aromatic rings. The molecule has 0 saturated heterocycles. The molecule has 0 unspecified atom stereocenters. The number of likely N-dealkylation sites (N-methyl/N-ethyl adjacent to an activating group) is 1. The fraction of sp³-hybridized carbons (Fsp3) is 0.250. The van der Waals surface area contributed by atoms with Crippen LogP contribution in [0.5, 0.6) is 5.75 Å². The lowest BCUT2D eigenvalue weighted by atomic mass is 10.1. The molecule has 136 valence electrons.